The summed E-state index contributed by atoms with van der Waals surface area (Å²) in [6.07, 6.45) is 8.58. The van der Waals surface area contributed by atoms with E-state index in [9.17, 15) is 4.39 Å². The monoisotopic (exact) mass is 406 g/mol. The highest BCUT2D eigenvalue weighted by molar-refractivity contribution is 14.1. The minimum absolute atomic E-state index is 0.502. The third kappa shape index (κ3) is 2.25. The zero-order valence-corrected chi connectivity index (χ0v) is 13.2. The zero-order chi connectivity index (χ0) is 15.1. The Morgan fingerprint density at radius 1 is 1.00 bits per heavy atom. The van der Waals surface area contributed by atoms with Crippen molar-refractivity contribution in [2.75, 3.05) is 0 Å². The van der Waals surface area contributed by atoms with Crippen LogP contribution in [0.2, 0.25) is 0 Å². The lowest BCUT2D eigenvalue weighted by atomic mass is 10.2. The van der Waals surface area contributed by atoms with Gasteiger partial charge >= 0.3 is 0 Å². The van der Waals surface area contributed by atoms with Crippen LogP contribution >= 0.6 is 22.6 Å². The molecule has 8 heteroatoms. The van der Waals surface area contributed by atoms with E-state index in [-0.39, 0.29) is 0 Å². The fourth-order valence-corrected chi connectivity index (χ4v) is 2.54. The molecule has 0 saturated heterocycles. The van der Waals surface area contributed by atoms with Gasteiger partial charge in [0, 0.05) is 29.7 Å². The molecule has 0 aliphatic carbocycles. The smallest absolute Gasteiger partial charge is 0.212 e. The molecule has 4 aromatic rings. The molecule has 0 radical (unpaired) electrons. The maximum atomic E-state index is 12.9. The summed E-state index contributed by atoms with van der Waals surface area (Å²) in [4.78, 5) is 8.13. The van der Waals surface area contributed by atoms with Gasteiger partial charge < -0.3 is 0 Å². The molecule has 0 bridgehead atoms. The summed E-state index contributed by atoms with van der Waals surface area (Å²) in [5, 5.41) is 8.59. The van der Waals surface area contributed by atoms with Crippen LogP contribution in [0.4, 0.5) is 4.39 Å². The van der Waals surface area contributed by atoms with Gasteiger partial charge in [0.2, 0.25) is 5.95 Å². The fourth-order valence-electron chi connectivity index (χ4n) is 2.15. The van der Waals surface area contributed by atoms with Crippen LogP contribution in [0.1, 0.15) is 0 Å². The first kappa shape index (κ1) is 13.3. The standard InChI is InChI=1S/C14H8FIN6/c15-12-2-1-9(5-17-12)10-6-18-22(8-10)11-7-19-21-4-3-13(16)20-14(11)21/h1-8H. The van der Waals surface area contributed by atoms with Crippen molar-refractivity contribution >= 4 is 28.2 Å². The number of nitrogens with zero attached hydrogens (tertiary/aromatic N) is 6. The molecule has 22 heavy (non-hydrogen) atoms. The van der Waals surface area contributed by atoms with E-state index >= 15 is 0 Å². The number of fused-ring (bicyclic) bond motifs is 1. The SMILES string of the molecule is Fc1ccc(-c2cnn(-c3cnn4ccc(I)nc34)c2)cn1. The molecule has 0 spiro atoms. The molecule has 4 rings (SSSR count). The number of aromatic nitrogens is 6. The Hall–Kier alpha value is -2.36. The predicted molar refractivity (Wildman–Crippen MR) is 86.0 cm³/mol. The Bertz CT molecular complexity index is 959. The van der Waals surface area contributed by atoms with Gasteiger partial charge in [-0.25, -0.2) is 19.2 Å². The van der Waals surface area contributed by atoms with Gasteiger partial charge in [-0.15, -0.1) is 0 Å². The molecule has 0 N–H and O–H groups in total. The van der Waals surface area contributed by atoms with E-state index in [2.05, 4.69) is 42.8 Å². The van der Waals surface area contributed by atoms with E-state index in [0.717, 1.165) is 26.2 Å². The van der Waals surface area contributed by atoms with E-state index in [1.165, 1.54) is 12.3 Å². The highest BCUT2D eigenvalue weighted by Gasteiger charge is 2.10. The summed E-state index contributed by atoms with van der Waals surface area (Å²) in [5.41, 5.74) is 3.14. The molecule has 0 aliphatic heterocycles. The van der Waals surface area contributed by atoms with E-state index in [1.807, 2.05) is 18.5 Å². The van der Waals surface area contributed by atoms with Crippen LogP contribution in [0.3, 0.4) is 0 Å². The van der Waals surface area contributed by atoms with Crippen molar-refractivity contribution in [1.29, 1.82) is 0 Å². The van der Waals surface area contributed by atoms with Gasteiger partial charge in [0.15, 0.2) is 5.65 Å². The van der Waals surface area contributed by atoms with Crippen molar-refractivity contribution in [3.05, 3.63) is 58.8 Å². The molecule has 0 unspecified atom stereocenters. The summed E-state index contributed by atoms with van der Waals surface area (Å²) in [6.45, 7) is 0. The Morgan fingerprint density at radius 3 is 2.73 bits per heavy atom. The predicted octanol–water partition coefficient (Wildman–Crippen LogP) is 2.72. The summed E-state index contributed by atoms with van der Waals surface area (Å²) < 4.78 is 17.2. The summed E-state index contributed by atoms with van der Waals surface area (Å²) in [5.74, 6) is -0.502. The second-order valence-electron chi connectivity index (χ2n) is 4.59. The lowest BCUT2D eigenvalue weighted by Gasteiger charge is -1.99. The molecule has 4 aromatic heterocycles. The van der Waals surface area contributed by atoms with Crippen molar-refractivity contribution < 1.29 is 4.39 Å². The van der Waals surface area contributed by atoms with Crippen LogP contribution in [0.25, 0.3) is 22.5 Å². The van der Waals surface area contributed by atoms with E-state index in [0.29, 0.717) is 0 Å². The minimum Gasteiger partial charge on any atom is -0.235 e. The quantitative estimate of drug-likeness (QED) is 0.292. The van der Waals surface area contributed by atoms with Crippen molar-refractivity contribution in [3.63, 3.8) is 0 Å². The number of halogens is 2. The van der Waals surface area contributed by atoms with Crippen molar-refractivity contribution in [2.24, 2.45) is 0 Å². The van der Waals surface area contributed by atoms with Gasteiger partial charge in [-0.1, -0.05) is 0 Å². The minimum atomic E-state index is -0.502. The molecule has 0 fully saturated rings. The summed E-state index contributed by atoms with van der Waals surface area (Å²) in [7, 11) is 0. The third-order valence-corrected chi connectivity index (χ3v) is 3.81. The molecule has 6 nitrogen and oxygen atoms in total. The van der Waals surface area contributed by atoms with Crippen LogP contribution in [0.5, 0.6) is 0 Å². The molecular weight excluding hydrogens is 398 g/mol. The molecule has 4 heterocycles. The Balaban J connectivity index is 1.80. The molecular formula is C14H8FIN6. The molecule has 0 saturated carbocycles. The highest BCUT2D eigenvalue weighted by atomic mass is 127. The number of rotatable bonds is 2. The van der Waals surface area contributed by atoms with Gasteiger partial charge in [-0.2, -0.15) is 14.6 Å². The average Bonchev–Trinajstić information content (AvgIpc) is 3.14. The van der Waals surface area contributed by atoms with Gasteiger partial charge in [0.05, 0.1) is 12.4 Å². The molecule has 108 valence electrons. The molecule has 0 aromatic carbocycles. The van der Waals surface area contributed by atoms with Crippen molar-refractivity contribution in [2.45, 2.75) is 0 Å². The van der Waals surface area contributed by atoms with E-state index in [1.54, 1.807) is 27.7 Å². The highest BCUT2D eigenvalue weighted by Crippen LogP contribution is 2.21. The van der Waals surface area contributed by atoms with Crippen LogP contribution in [-0.4, -0.2) is 29.4 Å². The van der Waals surface area contributed by atoms with Gasteiger partial charge in [0.1, 0.15) is 9.39 Å². The first-order chi connectivity index (χ1) is 10.7. The number of hydrogen-bond acceptors (Lipinski definition) is 4. The van der Waals surface area contributed by atoms with Crippen LogP contribution in [-0.2, 0) is 0 Å². The average molecular weight is 406 g/mol. The largest absolute Gasteiger partial charge is 0.235 e. The lowest BCUT2D eigenvalue weighted by molar-refractivity contribution is 0.584. The number of pyridine rings is 1. The Morgan fingerprint density at radius 2 is 1.91 bits per heavy atom. The van der Waals surface area contributed by atoms with Gasteiger partial charge in [0.25, 0.3) is 0 Å². The zero-order valence-electron chi connectivity index (χ0n) is 11.1. The van der Waals surface area contributed by atoms with Gasteiger partial charge in [-0.3, -0.25) is 0 Å². The lowest BCUT2D eigenvalue weighted by Crippen LogP contribution is -1.97. The number of hydrogen-bond donors (Lipinski definition) is 0. The first-order valence-electron chi connectivity index (χ1n) is 6.37. The third-order valence-electron chi connectivity index (χ3n) is 3.21. The van der Waals surface area contributed by atoms with Crippen molar-refractivity contribution in [1.82, 2.24) is 29.4 Å². The van der Waals surface area contributed by atoms with Crippen molar-refractivity contribution in [3.8, 4) is 16.8 Å². The second-order valence-corrected chi connectivity index (χ2v) is 5.70. The van der Waals surface area contributed by atoms with Gasteiger partial charge in [-0.05, 0) is 40.8 Å². The van der Waals surface area contributed by atoms with Crippen LogP contribution in [0, 0.1) is 9.65 Å². The maximum absolute atomic E-state index is 12.9. The maximum Gasteiger partial charge on any atom is 0.212 e. The second kappa shape index (κ2) is 5.13. The first-order valence-corrected chi connectivity index (χ1v) is 7.45. The summed E-state index contributed by atoms with van der Waals surface area (Å²) in [6, 6.07) is 4.87. The molecule has 0 atom stereocenters. The Labute approximate surface area is 137 Å². The van der Waals surface area contributed by atoms with Crippen LogP contribution < -0.4 is 0 Å². The van der Waals surface area contributed by atoms with E-state index in [4.69, 9.17) is 0 Å². The molecule has 0 aliphatic rings. The summed E-state index contributed by atoms with van der Waals surface area (Å²) >= 11 is 2.15. The Kier molecular flexibility index (Phi) is 3.10. The molecule has 0 amide bonds. The van der Waals surface area contributed by atoms with Crippen LogP contribution in [0.15, 0.2) is 49.2 Å². The van der Waals surface area contributed by atoms with E-state index < -0.39 is 5.95 Å². The topological polar surface area (TPSA) is 60.9 Å². The normalized spacial score (nSPS) is 11.2. The fraction of sp³-hybridized carbons (Fsp3) is 0.